The number of aryl methyl sites for hydroxylation is 1. The Balaban J connectivity index is 1.55. The van der Waals surface area contributed by atoms with Gasteiger partial charge in [-0.2, -0.15) is 5.10 Å². The third-order valence-electron chi connectivity index (χ3n) is 5.74. The van der Waals surface area contributed by atoms with E-state index in [0.717, 1.165) is 11.1 Å². The summed E-state index contributed by atoms with van der Waals surface area (Å²) < 4.78 is 15.1. The maximum Gasteiger partial charge on any atom is 0.322 e. The zero-order valence-corrected chi connectivity index (χ0v) is 21.5. The highest BCUT2D eigenvalue weighted by Gasteiger charge is 2.22. The predicted octanol–water partition coefficient (Wildman–Crippen LogP) is 6.52. The van der Waals surface area contributed by atoms with Gasteiger partial charge < -0.3 is 15.5 Å². The highest BCUT2D eigenvalue weighted by Crippen LogP contribution is 2.25. The number of urea groups is 1. The van der Waals surface area contributed by atoms with Gasteiger partial charge in [-0.15, -0.1) is 0 Å². The van der Waals surface area contributed by atoms with Crippen molar-refractivity contribution in [2.24, 2.45) is 0 Å². The van der Waals surface area contributed by atoms with Crippen LogP contribution in [0.5, 0.6) is 0 Å². The third-order valence-corrected chi connectivity index (χ3v) is 6.15. The number of benzene rings is 3. The van der Waals surface area contributed by atoms with Crippen LogP contribution in [0.3, 0.4) is 0 Å². The molecule has 4 aromatic rings. The predicted molar refractivity (Wildman–Crippen MR) is 145 cm³/mol. The topological polar surface area (TPSA) is 79.3 Å². The molecule has 0 bridgehead atoms. The van der Waals surface area contributed by atoms with Crippen LogP contribution in [-0.2, 0) is 4.79 Å². The maximum absolute atomic E-state index is 13.5. The number of nitrogens with one attached hydrogen (secondary N) is 2. The van der Waals surface area contributed by atoms with Crippen LogP contribution in [0.1, 0.15) is 19.4 Å². The molecule has 2 N–H and O–H groups in total. The van der Waals surface area contributed by atoms with Gasteiger partial charge in [-0.1, -0.05) is 48.0 Å². The number of carbonyl (C=O) groups excluding carboxylic acids is 2. The number of aromatic nitrogens is 2. The molecule has 9 heteroatoms. The number of amides is 3. The van der Waals surface area contributed by atoms with E-state index in [4.69, 9.17) is 11.6 Å². The van der Waals surface area contributed by atoms with E-state index in [0.29, 0.717) is 27.9 Å². The second kappa shape index (κ2) is 11.3. The van der Waals surface area contributed by atoms with E-state index in [9.17, 15) is 14.0 Å². The van der Waals surface area contributed by atoms with E-state index in [1.54, 1.807) is 30.3 Å². The molecule has 37 heavy (non-hydrogen) atoms. The van der Waals surface area contributed by atoms with Crippen LogP contribution in [0.2, 0.25) is 5.02 Å². The summed E-state index contributed by atoms with van der Waals surface area (Å²) in [4.78, 5) is 27.5. The normalized spacial score (nSPS) is 10.9. The molecule has 3 amide bonds. The molecule has 0 saturated heterocycles. The van der Waals surface area contributed by atoms with Gasteiger partial charge in [-0.25, -0.2) is 13.9 Å². The minimum atomic E-state index is -0.429. The molecule has 0 fully saturated rings. The second-order valence-corrected chi connectivity index (χ2v) is 9.24. The van der Waals surface area contributed by atoms with Crippen LogP contribution in [0.25, 0.3) is 16.9 Å². The Hall–Kier alpha value is -4.17. The summed E-state index contributed by atoms with van der Waals surface area (Å²) in [6, 6.07) is 21.6. The van der Waals surface area contributed by atoms with Crippen LogP contribution in [-0.4, -0.2) is 39.2 Å². The summed E-state index contributed by atoms with van der Waals surface area (Å²) in [5.74, 6) is -0.392. The number of anilines is 2. The molecule has 0 saturated carbocycles. The van der Waals surface area contributed by atoms with Crippen molar-refractivity contribution in [3.05, 3.63) is 95.3 Å². The highest BCUT2D eigenvalue weighted by atomic mass is 35.5. The number of rotatable bonds is 7. The summed E-state index contributed by atoms with van der Waals surface area (Å²) in [6.07, 6.45) is 0. The standard InChI is InChI=1S/C28H27ClFN5O2/c1-18(2)34(28(37)31-22-12-9-19(3)24(29)15-22)17-27(36)32-26-16-25(20-7-5-4-6-8-20)33-35(26)23-13-10-21(30)11-14-23/h4-16,18H,17H2,1-3H3,(H,31,37)(H,32,36). The second-order valence-electron chi connectivity index (χ2n) is 8.83. The van der Waals surface area contributed by atoms with E-state index in [1.807, 2.05) is 57.2 Å². The molecule has 190 valence electrons. The average Bonchev–Trinajstić information content (AvgIpc) is 3.29. The van der Waals surface area contributed by atoms with Crippen LogP contribution < -0.4 is 10.6 Å². The van der Waals surface area contributed by atoms with Gasteiger partial charge in [0.15, 0.2) is 0 Å². The van der Waals surface area contributed by atoms with E-state index >= 15 is 0 Å². The summed E-state index contributed by atoms with van der Waals surface area (Å²) in [5.41, 5.74) is 3.50. The maximum atomic E-state index is 13.5. The quantitative estimate of drug-likeness (QED) is 0.291. The lowest BCUT2D eigenvalue weighted by Gasteiger charge is -2.26. The van der Waals surface area contributed by atoms with Crippen molar-refractivity contribution >= 4 is 35.0 Å². The number of nitrogens with zero attached hydrogens (tertiary/aromatic N) is 3. The van der Waals surface area contributed by atoms with E-state index in [1.165, 1.54) is 21.7 Å². The van der Waals surface area contributed by atoms with E-state index in [-0.39, 0.29) is 18.4 Å². The van der Waals surface area contributed by atoms with E-state index in [2.05, 4.69) is 15.7 Å². The summed E-state index contributed by atoms with van der Waals surface area (Å²) in [6.45, 7) is 5.33. The van der Waals surface area contributed by atoms with E-state index < -0.39 is 11.9 Å². The fraction of sp³-hybridized carbons (Fsp3) is 0.179. The third kappa shape index (κ3) is 6.34. The van der Waals surface area contributed by atoms with Crippen LogP contribution in [0.4, 0.5) is 20.7 Å². The zero-order valence-electron chi connectivity index (χ0n) is 20.7. The average molecular weight is 520 g/mol. The molecular weight excluding hydrogens is 493 g/mol. The summed E-state index contributed by atoms with van der Waals surface area (Å²) in [5, 5.41) is 10.8. The fourth-order valence-corrected chi connectivity index (χ4v) is 3.87. The summed E-state index contributed by atoms with van der Waals surface area (Å²) >= 11 is 6.18. The molecule has 0 atom stereocenters. The SMILES string of the molecule is Cc1ccc(NC(=O)N(CC(=O)Nc2cc(-c3ccccc3)nn2-c2ccc(F)cc2)C(C)C)cc1Cl. The van der Waals surface area contributed by atoms with Gasteiger partial charge >= 0.3 is 6.03 Å². The van der Waals surface area contributed by atoms with Gasteiger partial charge in [0.2, 0.25) is 5.91 Å². The van der Waals surface area contributed by atoms with Gasteiger partial charge in [0.05, 0.1) is 11.4 Å². The van der Waals surface area contributed by atoms with Crippen molar-refractivity contribution in [3.8, 4) is 16.9 Å². The van der Waals surface area contributed by atoms with Gasteiger partial charge in [0.25, 0.3) is 0 Å². The lowest BCUT2D eigenvalue weighted by atomic mass is 10.1. The summed E-state index contributed by atoms with van der Waals surface area (Å²) in [7, 11) is 0. The molecule has 0 radical (unpaired) electrons. The number of carbonyl (C=O) groups is 2. The molecule has 3 aromatic carbocycles. The lowest BCUT2D eigenvalue weighted by molar-refractivity contribution is -0.117. The van der Waals surface area contributed by atoms with Crippen LogP contribution in [0, 0.1) is 12.7 Å². The molecule has 0 unspecified atom stereocenters. The minimum absolute atomic E-state index is 0.196. The fourth-order valence-electron chi connectivity index (χ4n) is 3.69. The van der Waals surface area contributed by atoms with Crippen LogP contribution >= 0.6 is 11.6 Å². The van der Waals surface area contributed by atoms with Crippen molar-refractivity contribution in [2.45, 2.75) is 26.8 Å². The molecular formula is C28H27ClFN5O2. The highest BCUT2D eigenvalue weighted by molar-refractivity contribution is 6.31. The largest absolute Gasteiger partial charge is 0.322 e. The lowest BCUT2D eigenvalue weighted by Crippen LogP contribution is -2.44. The Kier molecular flexibility index (Phi) is 7.89. The molecule has 1 heterocycles. The first kappa shape index (κ1) is 25.9. The van der Waals surface area contributed by atoms with Crippen molar-refractivity contribution in [3.63, 3.8) is 0 Å². The van der Waals surface area contributed by atoms with Gasteiger partial charge in [0.1, 0.15) is 18.2 Å². The van der Waals surface area contributed by atoms with Crippen molar-refractivity contribution < 1.29 is 14.0 Å². The molecule has 0 aliphatic heterocycles. The Morgan fingerprint density at radius 3 is 2.35 bits per heavy atom. The number of hydrogen-bond donors (Lipinski definition) is 2. The molecule has 1 aromatic heterocycles. The van der Waals surface area contributed by atoms with Crippen molar-refractivity contribution in [2.75, 3.05) is 17.2 Å². The first-order valence-corrected chi connectivity index (χ1v) is 12.1. The van der Waals surface area contributed by atoms with Crippen LogP contribution in [0.15, 0.2) is 78.9 Å². The Labute approximate surface area is 219 Å². The Bertz CT molecular complexity index is 1400. The minimum Gasteiger partial charge on any atom is -0.313 e. The van der Waals surface area contributed by atoms with Gasteiger partial charge in [0, 0.05) is 28.4 Å². The number of hydrogen-bond acceptors (Lipinski definition) is 3. The zero-order chi connectivity index (χ0) is 26.5. The smallest absolute Gasteiger partial charge is 0.313 e. The molecule has 0 aliphatic rings. The molecule has 4 rings (SSSR count). The number of halogens is 2. The Morgan fingerprint density at radius 2 is 1.70 bits per heavy atom. The monoisotopic (exact) mass is 519 g/mol. The van der Waals surface area contributed by atoms with Crippen molar-refractivity contribution in [1.82, 2.24) is 14.7 Å². The van der Waals surface area contributed by atoms with Crippen molar-refractivity contribution in [1.29, 1.82) is 0 Å². The Morgan fingerprint density at radius 1 is 1.00 bits per heavy atom. The van der Waals surface area contributed by atoms with Gasteiger partial charge in [-0.3, -0.25) is 4.79 Å². The van der Waals surface area contributed by atoms with Gasteiger partial charge in [-0.05, 0) is 62.7 Å². The first-order valence-electron chi connectivity index (χ1n) is 11.8. The molecule has 0 spiro atoms. The molecule has 0 aliphatic carbocycles. The first-order chi connectivity index (χ1) is 17.7. The molecule has 7 nitrogen and oxygen atoms in total.